The first-order valence-corrected chi connectivity index (χ1v) is 9.14. The molecule has 1 aromatic rings. The van der Waals surface area contributed by atoms with Crippen molar-refractivity contribution in [3.63, 3.8) is 0 Å². The molecule has 0 aromatic heterocycles. The smallest absolute Gasteiger partial charge is 0.238 e. The first kappa shape index (κ1) is 17.2. The predicted octanol–water partition coefficient (Wildman–Crippen LogP) is 2.67. The van der Waals surface area contributed by atoms with E-state index in [0.717, 1.165) is 23.7 Å². The summed E-state index contributed by atoms with van der Waals surface area (Å²) < 4.78 is 12.0. The molecule has 22 heavy (non-hydrogen) atoms. The molecule has 122 valence electrons. The molecule has 0 bridgehead atoms. The minimum absolute atomic E-state index is 0.0326. The van der Waals surface area contributed by atoms with Crippen molar-refractivity contribution in [1.82, 2.24) is 5.32 Å². The molecule has 2 N–H and O–H groups in total. The fourth-order valence-electron chi connectivity index (χ4n) is 2.02. The normalized spacial score (nSPS) is 16.3. The van der Waals surface area contributed by atoms with Crippen LogP contribution in [0.4, 0.5) is 5.69 Å². The zero-order valence-electron chi connectivity index (χ0n) is 13.6. The SMILES string of the molecule is CC(C)(C)S(=O)Cc1cccc(NC(=O)CNCC2CC2)c1. The van der Waals surface area contributed by atoms with E-state index in [0.29, 0.717) is 12.3 Å². The summed E-state index contributed by atoms with van der Waals surface area (Å²) in [5.74, 6) is 1.24. The molecule has 1 fully saturated rings. The van der Waals surface area contributed by atoms with E-state index in [4.69, 9.17) is 0 Å². The van der Waals surface area contributed by atoms with E-state index in [1.807, 2.05) is 45.0 Å². The lowest BCUT2D eigenvalue weighted by Crippen LogP contribution is -2.29. The topological polar surface area (TPSA) is 58.2 Å². The summed E-state index contributed by atoms with van der Waals surface area (Å²) in [6.45, 7) is 7.19. The third-order valence-electron chi connectivity index (χ3n) is 3.61. The number of hydrogen-bond acceptors (Lipinski definition) is 3. The van der Waals surface area contributed by atoms with Gasteiger partial charge in [-0.3, -0.25) is 9.00 Å². The van der Waals surface area contributed by atoms with Crippen molar-refractivity contribution in [3.05, 3.63) is 29.8 Å². The number of anilines is 1. The molecule has 1 atom stereocenters. The summed E-state index contributed by atoms with van der Waals surface area (Å²) in [6.07, 6.45) is 2.56. The Hall–Kier alpha value is -1.20. The molecule has 1 aliphatic rings. The van der Waals surface area contributed by atoms with Gasteiger partial charge in [-0.2, -0.15) is 0 Å². The first-order chi connectivity index (χ1) is 10.3. The molecule has 2 rings (SSSR count). The average Bonchev–Trinajstić information content (AvgIpc) is 3.22. The molecule has 1 saturated carbocycles. The number of nitrogens with one attached hydrogen (secondary N) is 2. The van der Waals surface area contributed by atoms with E-state index in [1.54, 1.807) is 0 Å². The van der Waals surface area contributed by atoms with Crippen LogP contribution in [0.15, 0.2) is 24.3 Å². The Morgan fingerprint density at radius 2 is 2.05 bits per heavy atom. The summed E-state index contributed by atoms with van der Waals surface area (Å²) in [5, 5.41) is 6.06. The van der Waals surface area contributed by atoms with Crippen molar-refractivity contribution in [1.29, 1.82) is 0 Å². The molecule has 0 saturated heterocycles. The highest BCUT2D eigenvalue weighted by atomic mass is 32.2. The largest absolute Gasteiger partial charge is 0.325 e. The predicted molar refractivity (Wildman–Crippen MR) is 92.3 cm³/mol. The fraction of sp³-hybridized carbons (Fsp3) is 0.588. The molecular weight excluding hydrogens is 296 g/mol. The third-order valence-corrected chi connectivity index (χ3v) is 5.57. The van der Waals surface area contributed by atoms with E-state index in [9.17, 15) is 9.00 Å². The molecule has 0 radical (unpaired) electrons. The van der Waals surface area contributed by atoms with Crippen LogP contribution in [0.25, 0.3) is 0 Å². The number of benzene rings is 1. The van der Waals surface area contributed by atoms with Crippen molar-refractivity contribution >= 4 is 22.4 Å². The van der Waals surface area contributed by atoms with Crippen LogP contribution < -0.4 is 10.6 Å². The number of carbonyl (C=O) groups excluding carboxylic acids is 1. The van der Waals surface area contributed by atoms with Gasteiger partial charge in [0.25, 0.3) is 0 Å². The number of amides is 1. The van der Waals surface area contributed by atoms with Crippen molar-refractivity contribution in [3.8, 4) is 0 Å². The van der Waals surface area contributed by atoms with Gasteiger partial charge >= 0.3 is 0 Å². The van der Waals surface area contributed by atoms with Crippen LogP contribution in [0.3, 0.4) is 0 Å². The van der Waals surface area contributed by atoms with E-state index in [1.165, 1.54) is 12.8 Å². The van der Waals surface area contributed by atoms with Crippen LogP contribution >= 0.6 is 0 Å². The maximum absolute atomic E-state index is 12.2. The number of hydrogen-bond donors (Lipinski definition) is 2. The lowest BCUT2D eigenvalue weighted by atomic mass is 10.2. The quantitative estimate of drug-likeness (QED) is 0.811. The second-order valence-electron chi connectivity index (χ2n) is 6.93. The Morgan fingerprint density at radius 1 is 1.32 bits per heavy atom. The van der Waals surface area contributed by atoms with Gasteiger partial charge in [-0.25, -0.2) is 0 Å². The molecule has 1 aromatic carbocycles. The zero-order valence-corrected chi connectivity index (χ0v) is 14.5. The Labute approximate surface area is 135 Å². The second-order valence-corrected chi connectivity index (χ2v) is 9.13. The van der Waals surface area contributed by atoms with Crippen LogP contribution in [0, 0.1) is 5.92 Å². The summed E-state index contributed by atoms with van der Waals surface area (Å²) in [6, 6.07) is 7.61. The minimum Gasteiger partial charge on any atom is -0.325 e. The van der Waals surface area contributed by atoms with Crippen molar-refractivity contribution in [2.75, 3.05) is 18.4 Å². The Morgan fingerprint density at radius 3 is 2.68 bits per heavy atom. The first-order valence-electron chi connectivity index (χ1n) is 7.82. The summed E-state index contributed by atoms with van der Waals surface area (Å²) in [4.78, 5) is 11.9. The van der Waals surface area contributed by atoms with Gasteiger partial charge in [-0.15, -0.1) is 0 Å². The van der Waals surface area contributed by atoms with Gasteiger partial charge in [0.1, 0.15) is 0 Å². The van der Waals surface area contributed by atoms with Crippen LogP contribution in [-0.2, 0) is 21.3 Å². The average molecular weight is 322 g/mol. The van der Waals surface area contributed by atoms with Gasteiger partial charge in [0.2, 0.25) is 5.91 Å². The molecule has 0 spiro atoms. The van der Waals surface area contributed by atoms with Crippen molar-refractivity contribution < 1.29 is 9.00 Å². The maximum Gasteiger partial charge on any atom is 0.238 e. The van der Waals surface area contributed by atoms with E-state index >= 15 is 0 Å². The molecule has 1 aliphatic carbocycles. The standard InChI is InChI=1S/C17H26N2O2S/c1-17(2,3)22(21)12-14-5-4-6-15(9-14)19-16(20)11-18-10-13-7-8-13/h4-6,9,13,18H,7-8,10-12H2,1-3H3,(H,19,20). The van der Waals surface area contributed by atoms with Gasteiger partial charge in [0, 0.05) is 27.0 Å². The van der Waals surface area contributed by atoms with E-state index in [-0.39, 0.29) is 10.7 Å². The molecule has 0 aliphatic heterocycles. The zero-order chi connectivity index (χ0) is 16.2. The molecule has 4 nitrogen and oxygen atoms in total. The Kier molecular flexibility index (Phi) is 5.75. The maximum atomic E-state index is 12.2. The Bertz CT molecular complexity index is 548. The van der Waals surface area contributed by atoms with Gasteiger partial charge in [0.15, 0.2) is 0 Å². The molecule has 5 heteroatoms. The van der Waals surface area contributed by atoms with Gasteiger partial charge in [-0.05, 0) is 63.8 Å². The Balaban J connectivity index is 1.84. The highest BCUT2D eigenvalue weighted by Crippen LogP contribution is 2.27. The van der Waals surface area contributed by atoms with Gasteiger partial charge in [0.05, 0.1) is 6.54 Å². The lowest BCUT2D eigenvalue weighted by molar-refractivity contribution is -0.115. The molecule has 1 unspecified atom stereocenters. The highest BCUT2D eigenvalue weighted by Gasteiger charge is 2.21. The van der Waals surface area contributed by atoms with Gasteiger partial charge in [-0.1, -0.05) is 12.1 Å². The second kappa shape index (κ2) is 7.38. The monoisotopic (exact) mass is 322 g/mol. The van der Waals surface area contributed by atoms with Crippen molar-refractivity contribution in [2.24, 2.45) is 5.92 Å². The highest BCUT2D eigenvalue weighted by molar-refractivity contribution is 7.85. The number of rotatable bonds is 7. The van der Waals surface area contributed by atoms with Crippen LogP contribution in [0.5, 0.6) is 0 Å². The van der Waals surface area contributed by atoms with Gasteiger partial charge < -0.3 is 10.6 Å². The third kappa shape index (κ3) is 5.89. The minimum atomic E-state index is -0.937. The van der Waals surface area contributed by atoms with Crippen LogP contribution in [0.1, 0.15) is 39.2 Å². The van der Waals surface area contributed by atoms with E-state index < -0.39 is 10.8 Å². The lowest BCUT2D eigenvalue weighted by Gasteiger charge is -2.18. The molecule has 0 heterocycles. The summed E-state index contributed by atoms with van der Waals surface area (Å²) in [7, 11) is -0.937. The fourth-order valence-corrected chi connectivity index (χ4v) is 2.94. The van der Waals surface area contributed by atoms with Crippen LogP contribution in [-0.4, -0.2) is 28.0 Å². The van der Waals surface area contributed by atoms with Crippen LogP contribution in [0.2, 0.25) is 0 Å². The molecular formula is C17H26N2O2S. The summed E-state index contributed by atoms with van der Waals surface area (Å²) >= 11 is 0. The summed E-state index contributed by atoms with van der Waals surface area (Å²) in [5.41, 5.74) is 1.75. The molecule has 1 amide bonds. The van der Waals surface area contributed by atoms with E-state index in [2.05, 4.69) is 10.6 Å². The number of carbonyl (C=O) groups is 1. The van der Waals surface area contributed by atoms with Crippen molar-refractivity contribution in [2.45, 2.75) is 44.1 Å².